The first-order valence-electron chi connectivity index (χ1n) is 2.75. The normalized spacial score (nSPS) is 7.91. The van der Waals surface area contributed by atoms with Crippen molar-refractivity contribution < 1.29 is 15.3 Å². The molecule has 0 heterocycles. The van der Waals surface area contributed by atoms with Gasteiger partial charge in [-0.15, -0.1) is 0 Å². The second-order valence-electron chi connectivity index (χ2n) is 1.64. The minimum atomic E-state index is -0.0666. The minimum absolute atomic E-state index is 0.0666. The molecule has 0 saturated carbocycles. The summed E-state index contributed by atoms with van der Waals surface area (Å²) >= 11 is 2.84. The van der Waals surface area contributed by atoms with Gasteiger partial charge in [0.15, 0.2) is 0 Å². The van der Waals surface area contributed by atoms with E-state index in [-0.39, 0.29) is 4.69 Å². The van der Waals surface area contributed by atoms with Gasteiger partial charge in [-0.1, -0.05) is 30.3 Å². The van der Waals surface area contributed by atoms with Crippen molar-refractivity contribution in [3.8, 4) is 0 Å². The molecule has 4 heteroatoms. The van der Waals surface area contributed by atoms with E-state index in [0.29, 0.717) is 5.56 Å². The molecular formula is C7H7BrO3. The standard InChI is InChI=1S/C7H5BrO.H2O2/c8-7(9)6-4-2-1-3-5-6;1-2/h1-5H;1-2H. The topological polar surface area (TPSA) is 57.5 Å². The second-order valence-corrected chi connectivity index (χ2v) is 2.36. The van der Waals surface area contributed by atoms with Crippen molar-refractivity contribution in [2.24, 2.45) is 0 Å². The molecule has 3 nitrogen and oxygen atoms in total. The Labute approximate surface area is 72.3 Å². The maximum absolute atomic E-state index is 10.6. The summed E-state index contributed by atoms with van der Waals surface area (Å²) in [6.45, 7) is 0. The highest BCUT2D eigenvalue weighted by Crippen LogP contribution is 2.03. The van der Waals surface area contributed by atoms with Crippen LogP contribution in [0.4, 0.5) is 0 Å². The smallest absolute Gasteiger partial charge is 0.228 e. The van der Waals surface area contributed by atoms with E-state index in [9.17, 15) is 4.79 Å². The summed E-state index contributed by atoms with van der Waals surface area (Å²) in [6.07, 6.45) is 0. The first-order chi connectivity index (χ1) is 5.30. The van der Waals surface area contributed by atoms with Crippen LogP contribution in [0.2, 0.25) is 0 Å². The number of carbonyl (C=O) groups is 1. The minimum Gasteiger partial charge on any atom is -0.281 e. The molecule has 0 spiro atoms. The van der Waals surface area contributed by atoms with Crippen LogP contribution in [-0.2, 0) is 0 Å². The van der Waals surface area contributed by atoms with Crippen LogP contribution in [0.5, 0.6) is 0 Å². The van der Waals surface area contributed by atoms with Gasteiger partial charge in [0.05, 0.1) is 0 Å². The first kappa shape index (κ1) is 10.3. The van der Waals surface area contributed by atoms with E-state index < -0.39 is 0 Å². The van der Waals surface area contributed by atoms with Gasteiger partial charge in [0.1, 0.15) is 0 Å². The van der Waals surface area contributed by atoms with Gasteiger partial charge in [0.2, 0.25) is 4.69 Å². The molecule has 0 aromatic heterocycles. The molecule has 0 radical (unpaired) electrons. The Bertz CT molecular complexity index is 210. The van der Waals surface area contributed by atoms with Gasteiger partial charge in [-0.25, -0.2) is 0 Å². The van der Waals surface area contributed by atoms with E-state index in [1.165, 1.54) is 0 Å². The molecule has 0 aliphatic heterocycles. The van der Waals surface area contributed by atoms with Crippen LogP contribution in [0, 0.1) is 0 Å². The summed E-state index contributed by atoms with van der Waals surface area (Å²) in [5, 5.41) is 12.0. The molecule has 1 aromatic rings. The average Bonchev–Trinajstić information content (AvgIpc) is 2.10. The number of benzene rings is 1. The highest BCUT2D eigenvalue weighted by molar-refractivity contribution is 9.18. The molecule has 1 aromatic carbocycles. The molecule has 11 heavy (non-hydrogen) atoms. The fourth-order valence-corrected chi connectivity index (χ4v) is 0.834. The van der Waals surface area contributed by atoms with Crippen molar-refractivity contribution >= 4 is 20.6 Å². The Hall–Kier alpha value is -0.710. The van der Waals surface area contributed by atoms with Crippen LogP contribution in [0.1, 0.15) is 10.4 Å². The van der Waals surface area contributed by atoms with Crippen molar-refractivity contribution in [1.29, 1.82) is 0 Å². The van der Waals surface area contributed by atoms with Gasteiger partial charge in [0, 0.05) is 5.56 Å². The van der Waals surface area contributed by atoms with Crippen molar-refractivity contribution in [2.45, 2.75) is 0 Å². The van der Waals surface area contributed by atoms with Gasteiger partial charge in [0.25, 0.3) is 0 Å². The summed E-state index contributed by atoms with van der Waals surface area (Å²) in [5.74, 6) is 0. The van der Waals surface area contributed by atoms with E-state index in [2.05, 4.69) is 15.9 Å². The summed E-state index contributed by atoms with van der Waals surface area (Å²) < 4.78 is -0.0666. The Morgan fingerprint density at radius 2 is 1.64 bits per heavy atom. The van der Waals surface area contributed by atoms with Gasteiger partial charge < -0.3 is 0 Å². The van der Waals surface area contributed by atoms with E-state index >= 15 is 0 Å². The molecule has 1 rings (SSSR count). The summed E-state index contributed by atoms with van der Waals surface area (Å²) in [6, 6.07) is 9.05. The highest BCUT2D eigenvalue weighted by Gasteiger charge is 1.95. The van der Waals surface area contributed by atoms with E-state index in [0.717, 1.165) is 0 Å². The molecule has 0 unspecified atom stereocenters. The van der Waals surface area contributed by atoms with Gasteiger partial charge in [-0.3, -0.25) is 15.3 Å². The van der Waals surface area contributed by atoms with Crippen molar-refractivity contribution in [3.05, 3.63) is 35.9 Å². The third-order valence-electron chi connectivity index (χ3n) is 1.00. The molecule has 2 N–H and O–H groups in total. The Morgan fingerprint density at radius 1 is 1.18 bits per heavy atom. The Balaban J connectivity index is 0.000000461. The lowest BCUT2D eigenvalue weighted by molar-refractivity contribution is -0.176. The van der Waals surface area contributed by atoms with Crippen LogP contribution < -0.4 is 0 Å². The fourth-order valence-electron chi connectivity index (χ4n) is 0.569. The average molecular weight is 219 g/mol. The lowest BCUT2D eigenvalue weighted by Crippen LogP contribution is -1.83. The maximum Gasteiger partial charge on any atom is 0.228 e. The molecule has 0 aliphatic carbocycles. The Morgan fingerprint density at radius 3 is 1.91 bits per heavy atom. The SMILES string of the molecule is O=C(Br)c1ccccc1.OO. The second kappa shape index (κ2) is 6.03. The third-order valence-corrected chi connectivity index (χ3v) is 1.46. The zero-order chi connectivity index (χ0) is 8.69. The molecule has 0 atom stereocenters. The number of carbonyl (C=O) groups excluding carboxylic acids is 1. The zero-order valence-corrected chi connectivity index (χ0v) is 7.15. The summed E-state index contributed by atoms with van der Waals surface area (Å²) in [7, 11) is 0. The van der Waals surface area contributed by atoms with Gasteiger partial charge in [-0.05, 0) is 15.9 Å². The van der Waals surface area contributed by atoms with Crippen molar-refractivity contribution in [2.75, 3.05) is 0 Å². The predicted octanol–water partition coefficient (Wildman–Crippen LogP) is 2.24. The van der Waals surface area contributed by atoms with Crippen molar-refractivity contribution in [3.63, 3.8) is 0 Å². The van der Waals surface area contributed by atoms with E-state index in [1.807, 2.05) is 18.2 Å². The summed E-state index contributed by atoms with van der Waals surface area (Å²) in [5.41, 5.74) is 0.692. The first-order valence-corrected chi connectivity index (χ1v) is 3.55. The quantitative estimate of drug-likeness (QED) is 0.432. The van der Waals surface area contributed by atoms with Crippen LogP contribution in [0.3, 0.4) is 0 Å². The molecule has 0 aliphatic rings. The number of rotatable bonds is 1. The third kappa shape index (κ3) is 3.87. The zero-order valence-electron chi connectivity index (χ0n) is 5.57. The fraction of sp³-hybridized carbons (Fsp3) is 0. The van der Waals surface area contributed by atoms with Gasteiger partial charge >= 0.3 is 0 Å². The van der Waals surface area contributed by atoms with Crippen LogP contribution >= 0.6 is 15.9 Å². The molecule has 0 bridgehead atoms. The maximum atomic E-state index is 10.6. The lowest BCUT2D eigenvalue weighted by Gasteiger charge is -1.87. The largest absolute Gasteiger partial charge is 0.281 e. The number of hydrogen-bond acceptors (Lipinski definition) is 3. The molecule has 0 saturated heterocycles. The highest BCUT2D eigenvalue weighted by atomic mass is 79.9. The van der Waals surface area contributed by atoms with Crippen LogP contribution in [0.25, 0.3) is 0 Å². The number of halogens is 1. The monoisotopic (exact) mass is 218 g/mol. The van der Waals surface area contributed by atoms with Crippen LogP contribution in [0.15, 0.2) is 30.3 Å². The molecule has 0 fully saturated rings. The van der Waals surface area contributed by atoms with Crippen molar-refractivity contribution in [1.82, 2.24) is 0 Å². The summed E-state index contributed by atoms with van der Waals surface area (Å²) in [4.78, 5) is 10.6. The van der Waals surface area contributed by atoms with Gasteiger partial charge in [-0.2, -0.15) is 0 Å². The van der Waals surface area contributed by atoms with E-state index in [4.69, 9.17) is 10.5 Å². The lowest BCUT2D eigenvalue weighted by atomic mass is 10.2. The van der Waals surface area contributed by atoms with E-state index in [1.54, 1.807) is 12.1 Å². The molecule has 0 amide bonds. The Kier molecular flexibility index (Phi) is 5.64. The predicted molar refractivity (Wildman–Crippen MR) is 45.0 cm³/mol. The van der Waals surface area contributed by atoms with Crippen LogP contribution in [-0.4, -0.2) is 15.2 Å². The number of hydrogen-bond donors (Lipinski definition) is 2. The molecule has 60 valence electrons. The molecular weight excluding hydrogens is 212 g/mol.